The van der Waals surface area contributed by atoms with Gasteiger partial charge in [-0.1, -0.05) is 6.92 Å². The number of fused-ring (bicyclic) bond motifs is 3. The molecule has 6 rings (SSSR count). The molecular weight excluding hydrogens is 428 g/mol. The van der Waals surface area contributed by atoms with Crippen LogP contribution in [0.2, 0.25) is 0 Å². The quantitative estimate of drug-likeness (QED) is 0.606. The summed E-state index contributed by atoms with van der Waals surface area (Å²) < 4.78 is 5.46. The average Bonchev–Trinajstić information content (AvgIpc) is 3.12. The number of likely N-dealkylation sites (N-methyl/N-ethyl adjacent to an activating group) is 1. The van der Waals surface area contributed by atoms with Crippen LogP contribution >= 0.6 is 0 Å². The van der Waals surface area contributed by atoms with Crippen molar-refractivity contribution in [2.75, 3.05) is 37.7 Å². The van der Waals surface area contributed by atoms with E-state index in [9.17, 15) is 4.79 Å². The van der Waals surface area contributed by atoms with E-state index in [0.717, 1.165) is 65.7 Å². The maximum atomic E-state index is 13.5. The molecule has 2 aromatic heterocycles. The maximum Gasteiger partial charge on any atom is 0.244 e. The van der Waals surface area contributed by atoms with Crippen LogP contribution in [-0.4, -0.2) is 69.9 Å². The lowest BCUT2D eigenvalue weighted by Gasteiger charge is -2.34. The number of H-pyrrole nitrogens is 2. The van der Waals surface area contributed by atoms with Crippen LogP contribution in [0.15, 0.2) is 12.1 Å². The standard InChI is InChI=1S/C26H34N6O2/c1-5-32(25(33)16(3)31-6-8-34-9-7-31)22-12-20-19(10-15(22)2)27-24(28-20)23-18-11-17-13-26(17,4)14-21(18)29-30-23/h10,12,16-17H,5-9,11,13-14H2,1-4H3,(H,27,28)(H,29,30)/t16?,17-,26-/m1/s1. The lowest BCUT2D eigenvalue weighted by molar-refractivity contribution is -0.124. The number of anilines is 1. The summed E-state index contributed by atoms with van der Waals surface area (Å²) in [7, 11) is 0. The minimum Gasteiger partial charge on any atom is -0.379 e. The Morgan fingerprint density at radius 3 is 2.91 bits per heavy atom. The summed E-state index contributed by atoms with van der Waals surface area (Å²) in [4.78, 5) is 26.0. The molecule has 180 valence electrons. The number of ether oxygens (including phenoxy) is 1. The predicted molar refractivity (Wildman–Crippen MR) is 132 cm³/mol. The Bertz CT molecular complexity index is 1260. The summed E-state index contributed by atoms with van der Waals surface area (Å²) in [5, 5.41) is 7.93. The van der Waals surface area contributed by atoms with Gasteiger partial charge in [-0.3, -0.25) is 14.8 Å². The van der Waals surface area contributed by atoms with Gasteiger partial charge in [0.25, 0.3) is 0 Å². The van der Waals surface area contributed by atoms with Crippen molar-refractivity contribution in [3.8, 4) is 11.5 Å². The third kappa shape index (κ3) is 3.46. The molecule has 3 aromatic rings. The highest BCUT2D eigenvalue weighted by atomic mass is 16.5. The number of nitrogens with one attached hydrogen (secondary N) is 2. The van der Waals surface area contributed by atoms with E-state index in [1.807, 2.05) is 18.7 Å². The van der Waals surface area contributed by atoms with Crippen molar-refractivity contribution in [3.05, 3.63) is 29.0 Å². The Balaban J connectivity index is 1.31. The summed E-state index contributed by atoms with van der Waals surface area (Å²) >= 11 is 0. The third-order valence-corrected chi connectivity index (χ3v) is 8.37. The monoisotopic (exact) mass is 462 g/mol. The summed E-state index contributed by atoms with van der Waals surface area (Å²) in [5.41, 5.74) is 7.83. The van der Waals surface area contributed by atoms with Gasteiger partial charge in [0.15, 0.2) is 5.82 Å². The predicted octanol–water partition coefficient (Wildman–Crippen LogP) is 3.46. The Kier molecular flexibility index (Phi) is 5.08. The molecule has 0 bridgehead atoms. The molecule has 1 aliphatic heterocycles. The Hall–Kier alpha value is -2.71. The van der Waals surface area contributed by atoms with Crippen LogP contribution in [0.25, 0.3) is 22.6 Å². The van der Waals surface area contributed by atoms with Crippen molar-refractivity contribution >= 4 is 22.6 Å². The molecule has 3 aliphatic rings. The molecule has 3 heterocycles. The van der Waals surface area contributed by atoms with Crippen molar-refractivity contribution < 1.29 is 9.53 Å². The van der Waals surface area contributed by atoms with Gasteiger partial charge in [-0.25, -0.2) is 4.98 Å². The van der Waals surface area contributed by atoms with E-state index >= 15 is 0 Å². The van der Waals surface area contributed by atoms with Crippen molar-refractivity contribution in [1.82, 2.24) is 25.1 Å². The van der Waals surface area contributed by atoms with Crippen molar-refractivity contribution in [1.29, 1.82) is 0 Å². The highest BCUT2D eigenvalue weighted by Crippen LogP contribution is 2.59. The first-order valence-corrected chi connectivity index (χ1v) is 12.6. The number of aryl methyl sites for hydroxylation is 1. The smallest absolute Gasteiger partial charge is 0.244 e. The van der Waals surface area contributed by atoms with Crippen molar-refractivity contribution in [2.45, 2.75) is 53.0 Å². The van der Waals surface area contributed by atoms with Crippen LogP contribution in [0.3, 0.4) is 0 Å². The van der Waals surface area contributed by atoms with Crippen LogP contribution in [-0.2, 0) is 22.4 Å². The second kappa shape index (κ2) is 7.92. The molecule has 0 radical (unpaired) electrons. The van der Waals surface area contributed by atoms with Crippen LogP contribution in [0.4, 0.5) is 5.69 Å². The first-order valence-electron chi connectivity index (χ1n) is 12.6. The number of aromatic amines is 2. The van der Waals surface area contributed by atoms with E-state index in [0.29, 0.717) is 25.2 Å². The van der Waals surface area contributed by atoms with Gasteiger partial charge in [0.2, 0.25) is 5.91 Å². The zero-order valence-corrected chi connectivity index (χ0v) is 20.6. The zero-order valence-electron chi connectivity index (χ0n) is 20.6. The number of hydrogen-bond donors (Lipinski definition) is 2. The molecule has 2 N–H and O–H groups in total. The first kappa shape index (κ1) is 21.8. The Morgan fingerprint density at radius 1 is 1.35 bits per heavy atom. The van der Waals surface area contributed by atoms with Gasteiger partial charge in [0.1, 0.15) is 5.69 Å². The largest absolute Gasteiger partial charge is 0.379 e. The van der Waals surface area contributed by atoms with Gasteiger partial charge in [-0.15, -0.1) is 0 Å². The summed E-state index contributed by atoms with van der Waals surface area (Å²) in [6.45, 7) is 12.0. The van der Waals surface area contributed by atoms with Gasteiger partial charge < -0.3 is 14.6 Å². The highest BCUT2D eigenvalue weighted by Gasteiger charge is 2.53. The second-order valence-corrected chi connectivity index (χ2v) is 10.6. The van der Waals surface area contributed by atoms with Gasteiger partial charge in [-0.05, 0) is 69.1 Å². The van der Waals surface area contributed by atoms with Crippen molar-refractivity contribution in [2.24, 2.45) is 11.3 Å². The van der Waals surface area contributed by atoms with E-state index in [1.165, 1.54) is 17.7 Å². The Labute approximate surface area is 200 Å². The summed E-state index contributed by atoms with van der Waals surface area (Å²) in [6.07, 6.45) is 3.47. The van der Waals surface area contributed by atoms with E-state index in [2.05, 4.69) is 46.1 Å². The number of benzene rings is 1. The molecule has 2 aliphatic carbocycles. The lowest BCUT2D eigenvalue weighted by Crippen LogP contribution is -2.51. The molecule has 1 saturated heterocycles. The number of imidazole rings is 1. The van der Waals surface area contributed by atoms with E-state index in [4.69, 9.17) is 9.72 Å². The number of nitrogens with zero attached hydrogens (tertiary/aromatic N) is 4. The fourth-order valence-corrected chi connectivity index (χ4v) is 6.00. The van der Waals surface area contributed by atoms with E-state index in [-0.39, 0.29) is 11.9 Å². The van der Waals surface area contributed by atoms with Crippen LogP contribution < -0.4 is 4.90 Å². The number of hydrogen-bond acceptors (Lipinski definition) is 5. The topological polar surface area (TPSA) is 90.1 Å². The number of amides is 1. The Morgan fingerprint density at radius 2 is 2.15 bits per heavy atom. The van der Waals surface area contributed by atoms with Gasteiger partial charge in [-0.2, -0.15) is 5.10 Å². The summed E-state index contributed by atoms with van der Waals surface area (Å²) in [5.74, 6) is 1.70. The number of morpholine rings is 1. The molecule has 1 aromatic carbocycles. The van der Waals surface area contributed by atoms with Gasteiger partial charge in [0.05, 0.1) is 30.3 Å². The fraction of sp³-hybridized carbons (Fsp3) is 0.577. The molecule has 1 saturated carbocycles. The van der Waals surface area contributed by atoms with Gasteiger partial charge >= 0.3 is 0 Å². The zero-order chi connectivity index (χ0) is 23.6. The average molecular weight is 463 g/mol. The minimum atomic E-state index is -0.183. The fourth-order valence-electron chi connectivity index (χ4n) is 6.00. The molecule has 8 nitrogen and oxygen atoms in total. The second-order valence-electron chi connectivity index (χ2n) is 10.6. The van der Waals surface area contributed by atoms with Gasteiger partial charge in [0, 0.05) is 36.6 Å². The number of aromatic nitrogens is 4. The van der Waals surface area contributed by atoms with E-state index in [1.54, 1.807) is 0 Å². The van der Waals surface area contributed by atoms with Crippen LogP contribution in [0, 0.1) is 18.3 Å². The number of carbonyl (C=O) groups is 1. The number of rotatable bonds is 5. The normalized spacial score (nSPS) is 25.1. The number of carbonyl (C=O) groups excluding carboxylic acids is 1. The molecule has 1 unspecified atom stereocenters. The lowest BCUT2D eigenvalue weighted by atomic mass is 9.88. The molecule has 2 fully saturated rings. The molecule has 0 spiro atoms. The third-order valence-electron chi connectivity index (χ3n) is 8.37. The maximum absolute atomic E-state index is 13.5. The van der Waals surface area contributed by atoms with Crippen molar-refractivity contribution in [3.63, 3.8) is 0 Å². The molecule has 1 amide bonds. The molecular formula is C26H34N6O2. The molecule has 3 atom stereocenters. The molecule has 34 heavy (non-hydrogen) atoms. The molecule has 8 heteroatoms. The first-order chi connectivity index (χ1) is 16.4. The van der Waals surface area contributed by atoms with Crippen LogP contribution in [0.1, 0.15) is 44.0 Å². The SMILES string of the molecule is CCN(C(=O)C(C)N1CCOCC1)c1cc2nc(-c3n[nH]c4c3C[C@@H]3C[C@]3(C)C4)[nH]c2cc1C. The van der Waals surface area contributed by atoms with Crippen LogP contribution in [0.5, 0.6) is 0 Å². The minimum absolute atomic E-state index is 0.122. The highest BCUT2D eigenvalue weighted by molar-refractivity contribution is 5.99. The van der Waals surface area contributed by atoms with E-state index < -0.39 is 0 Å². The summed E-state index contributed by atoms with van der Waals surface area (Å²) in [6, 6.07) is 3.97.